The van der Waals surface area contributed by atoms with Crippen molar-refractivity contribution in [1.29, 1.82) is 0 Å². The number of hydrogen-bond acceptors (Lipinski definition) is 5. The highest BCUT2D eigenvalue weighted by Gasteiger charge is 2.31. The van der Waals surface area contributed by atoms with Crippen LogP contribution in [0.3, 0.4) is 0 Å². The molecule has 1 fully saturated rings. The largest absolute Gasteiger partial charge is 0.497 e. The summed E-state index contributed by atoms with van der Waals surface area (Å²) in [5.41, 5.74) is 3.43. The maximum absolute atomic E-state index is 14.1. The van der Waals surface area contributed by atoms with E-state index in [1.807, 2.05) is 66.7 Å². The van der Waals surface area contributed by atoms with Crippen LogP contribution in [0.15, 0.2) is 108 Å². The summed E-state index contributed by atoms with van der Waals surface area (Å²) in [4.78, 5) is 29.9. The molecule has 1 heterocycles. The van der Waals surface area contributed by atoms with Crippen molar-refractivity contribution in [3.8, 4) is 5.75 Å². The first-order chi connectivity index (χ1) is 22.7. The first kappa shape index (κ1) is 34.2. The number of benzene rings is 4. The number of nitrogens with one attached hydrogen (secondary N) is 1. The molecule has 1 atom stereocenters. The number of aryl methyl sites for hydroxylation is 1. The van der Waals surface area contributed by atoms with Gasteiger partial charge in [-0.25, -0.2) is 8.42 Å². The lowest BCUT2D eigenvalue weighted by Gasteiger charge is -2.32. The van der Waals surface area contributed by atoms with Crippen LogP contribution in [-0.2, 0) is 39.0 Å². The van der Waals surface area contributed by atoms with Crippen LogP contribution in [0, 0.1) is 0 Å². The lowest BCUT2D eigenvalue weighted by Crippen LogP contribution is -2.44. The van der Waals surface area contributed by atoms with E-state index in [0.29, 0.717) is 43.1 Å². The SMILES string of the molecule is COc1ccc(CCNC(=O)[C@@H](c2ccccc2)N(Cc2ccc(Cl)cc2)C(=O)CCc2ccc(S(=O)(=O)N3CCCC3)cc2)cc1. The predicted octanol–water partition coefficient (Wildman–Crippen LogP) is 6.19. The summed E-state index contributed by atoms with van der Waals surface area (Å²) >= 11 is 6.15. The van der Waals surface area contributed by atoms with Crippen LogP contribution >= 0.6 is 11.6 Å². The van der Waals surface area contributed by atoms with E-state index >= 15 is 0 Å². The third-order valence-corrected chi connectivity index (χ3v) is 10.6. The fourth-order valence-electron chi connectivity index (χ4n) is 5.74. The standard InChI is InChI=1S/C37H40ClN3O5S/c1-46-33-18-11-29(12-19-33)23-24-39-37(43)36(31-7-3-2-4-8-31)41(27-30-9-16-32(38)17-10-30)35(42)22-15-28-13-20-34(21-14-28)47(44,45)40-25-5-6-26-40/h2-4,7-14,16-21,36H,5-6,15,22-27H2,1H3,(H,39,43)/t36-/m1/s1. The molecule has 47 heavy (non-hydrogen) atoms. The Hall–Kier alpha value is -4.18. The van der Waals surface area contributed by atoms with E-state index in [0.717, 1.165) is 35.3 Å². The van der Waals surface area contributed by atoms with Gasteiger partial charge in [-0.1, -0.05) is 78.3 Å². The first-order valence-electron chi connectivity index (χ1n) is 15.8. The zero-order chi connectivity index (χ0) is 33.2. The molecule has 10 heteroatoms. The Morgan fingerprint density at radius 2 is 1.43 bits per heavy atom. The number of carbonyl (C=O) groups is 2. The topological polar surface area (TPSA) is 96.0 Å². The van der Waals surface area contributed by atoms with Gasteiger partial charge in [-0.05, 0) is 84.3 Å². The molecule has 0 saturated carbocycles. The maximum atomic E-state index is 14.1. The molecule has 1 N–H and O–H groups in total. The summed E-state index contributed by atoms with van der Waals surface area (Å²) in [6, 6.07) is 30.1. The molecule has 4 aromatic carbocycles. The van der Waals surface area contributed by atoms with Gasteiger partial charge in [0.2, 0.25) is 21.8 Å². The molecule has 246 valence electrons. The number of methoxy groups -OCH3 is 1. The summed E-state index contributed by atoms with van der Waals surface area (Å²) in [6.45, 7) is 1.68. The van der Waals surface area contributed by atoms with Crippen molar-refractivity contribution in [3.05, 3.63) is 130 Å². The van der Waals surface area contributed by atoms with Crippen molar-refractivity contribution < 1.29 is 22.7 Å². The molecule has 0 aliphatic carbocycles. The van der Waals surface area contributed by atoms with Gasteiger partial charge in [0.25, 0.3) is 0 Å². The lowest BCUT2D eigenvalue weighted by atomic mass is 10.0. The molecule has 8 nitrogen and oxygen atoms in total. The first-order valence-corrected chi connectivity index (χ1v) is 17.6. The van der Waals surface area contributed by atoms with Gasteiger partial charge in [0, 0.05) is 37.6 Å². The summed E-state index contributed by atoms with van der Waals surface area (Å²) in [5.74, 6) is 0.290. The van der Waals surface area contributed by atoms with Crippen LogP contribution in [0.5, 0.6) is 5.75 Å². The van der Waals surface area contributed by atoms with Gasteiger partial charge in [0.15, 0.2) is 0 Å². The van der Waals surface area contributed by atoms with E-state index in [1.54, 1.807) is 48.4 Å². The van der Waals surface area contributed by atoms with Crippen LogP contribution in [0.1, 0.15) is 47.6 Å². The molecule has 0 aromatic heterocycles. The zero-order valence-corrected chi connectivity index (χ0v) is 28.1. The molecule has 0 bridgehead atoms. The number of ether oxygens (including phenoxy) is 1. The maximum Gasteiger partial charge on any atom is 0.247 e. The molecule has 1 saturated heterocycles. The molecule has 1 aliphatic rings. The van der Waals surface area contributed by atoms with Crippen molar-refractivity contribution in [1.82, 2.24) is 14.5 Å². The monoisotopic (exact) mass is 673 g/mol. The molecule has 0 unspecified atom stereocenters. The summed E-state index contributed by atoms with van der Waals surface area (Å²) in [7, 11) is -1.90. The molecule has 5 rings (SSSR count). The number of sulfonamides is 1. The van der Waals surface area contributed by atoms with Gasteiger partial charge < -0.3 is 15.0 Å². The van der Waals surface area contributed by atoms with Gasteiger partial charge in [-0.2, -0.15) is 4.31 Å². The molecule has 2 amide bonds. The van der Waals surface area contributed by atoms with Gasteiger partial charge >= 0.3 is 0 Å². The van der Waals surface area contributed by atoms with Gasteiger partial charge in [0.05, 0.1) is 12.0 Å². The van der Waals surface area contributed by atoms with Crippen molar-refractivity contribution in [2.24, 2.45) is 0 Å². The molecule has 1 aliphatic heterocycles. The number of carbonyl (C=O) groups excluding carboxylic acids is 2. The van der Waals surface area contributed by atoms with Crippen molar-refractivity contribution in [3.63, 3.8) is 0 Å². The fraction of sp³-hybridized carbons (Fsp3) is 0.297. The highest BCUT2D eigenvalue weighted by Crippen LogP contribution is 2.27. The second kappa shape index (κ2) is 16.1. The Labute approximate surface area is 282 Å². The van der Waals surface area contributed by atoms with E-state index in [-0.39, 0.29) is 29.7 Å². The summed E-state index contributed by atoms with van der Waals surface area (Å²) < 4.78 is 32.7. The molecule has 4 aromatic rings. The number of amides is 2. The van der Waals surface area contributed by atoms with Crippen LogP contribution in [0.4, 0.5) is 0 Å². The Kier molecular flexibility index (Phi) is 11.7. The van der Waals surface area contributed by atoms with Crippen LogP contribution in [-0.4, -0.2) is 56.2 Å². The van der Waals surface area contributed by atoms with Crippen LogP contribution < -0.4 is 10.1 Å². The van der Waals surface area contributed by atoms with Crippen molar-refractivity contribution in [2.45, 2.75) is 49.6 Å². The minimum atomic E-state index is -3.52. The fourth-order valence-corrected chi connectivity index (χ4v) is 7.38. The van der Waals surface area contributed by atoms with E-state index < -0.39 is 16.1 Å². The Morgan fingerprint density at radius 3 is 2.06 bits per heavy atom. The minimum Gasteiger partial charge on any atom is -0.497 e. The number of hydrogen-bond donors (Lipinski definition) is 1. The van der Waals surface area contributed by atoms with Gasteiger partial charge in [-0.15, -0.1) is 0 Å². The van der Waals surface area contributed by atoms with Crippen molar-refractivity contribution >= 4 is 33.4 Å². The molecular formula is C37H40ClN3O5S. The number of halogens is 1. The highest BCUT2D eigenvalue weighted by molar-refractivity contribution is 7.89. The lowest BCUT2D eigenvalue weighted by molar-refractivity contribution is -0.141. The van der Waals surface area contributed by atoms with Gasteiger partial charge in [0.1, 0.15) is 11.8 Å². The average Bonchev–Trinajstić information content (AvgIpc) is 3.65. The quantitative estimate of drug-likeness (QED) is 0.172. The Bertz CT molecular complexity index is 1730. The third-order valence-electron chi connectivity index (χ3n) is 8.39. The number of rotatable bonds is 14. The third kappa shape index (κ3) is 9.00. The minimum absolute atomic E-state index is 0.133. The molecular weight excluding hydrogens is 634 g/mol. The number of nitrogens with zero attached hydrogens (tertiary/aromatic N) is 2. The predicted molar refractivity (Wildman–Crippen MR) is 184 cm³/mol. The second-order valence-corrected chi connectivity index (χ2v) is 14.0. The second-order valence-electron chi connectivity index (χ2n) is 11.6. The van der Waals surface area contributed by atoms with Crippen molar-refractivity contribution in [2.75, 3.05) is 26.7 Å². The van der Waals surface area contributed by atoms with E-state index in [2.05, 4.69) is 5.32 Å². The zero-order valence-electron chi connectivity index (χ0n) is 26.5. The van der Waals surface area contributed by atoms with E-state index in [1.165, 1.54) is 4.31 Å². The average molecular weight is 674 g/mol. The van der Waals surface area contributed by atoms with Crippen LogP contribution in [0.2, 0.25) is 5.02 Å². The molecule has 0 spiro atoms. The smallest absolute Gasteiger partial charge is 0.247 e. The highest BCUT2D eigenvalue weighted by atomic mass is 35.5. The Balaban J connectivity index is 1.34. The summed E-state index contributed by atoms with van der Waals surface area (Å²) in [5, 5.41) is 3.64. The Morgan fingerprint density at radius 1 is 0.830 bits per heavy atom. The normalized spacial score (nSPS) is 14.0. The molecule has 0 radical (unpaired) electrons. The van der Waals surface area contributed by atoms with Crippen LogP contribution in [0.25, 0.3) is 0 Å². The van der Waals surface area contributed by atoms with E-state index in [9.17, 15) is 18.0 Å². The van der Waals surface area contributed by atoms with E-state index in [4.69, 9.17) is 16.3 Å². The van der Waals surface area contributed by atoms with Gasteiger partial charge in [-0.3, -0.25) is 9.59 Å². The summed E-state index contributed by atoms with van der Waals surface area (Å²) in [6.07, 6.45) is 2.88.